The van der Waals surface area contributed by atoms with Crippen LogP contribution in [0, 0.1) is 6.92 Å². The van der Waals surface area contributed by atoms with Crippen LogP contribution >= 0.6 is 0 Å². The van der Waals surface area contributed by atoms with Crippen molar-refractivity contribution in [2.45, 2.75) is 46.5 Å². The fourth-order valence-electron chi connectivity index (χ4n) is 5.88. The molecule has 0 fully saturated rings. The number of rotatable bonds is 5. The summed E-state index contributed by atoms with van der Waals surface area (Å²) in [5.41, 5.74) is 10.8. The van der Waals surface area contributed by atoms with Gasteiger partial charge < -0.3 is 4.42 Å². The Labute approximate surface area is 238 Å². The van der Waals surface area contributed by atoms with Gasteiger partial charge in [0.15, 0.2) is 5.82 Å². The molecule has 3 aromatic heterocycles. The largest absolute Gasteiger partial charge is 0.455 e. The van der Waals surface area contributed by atoms with Crippen molar-refractivity contribution in [3.05, 3.63) is 102 Å². The lowest BCUT2D eigenvalue weighted by molar-refractivity contribution is 0.669. The number of hydrogen-bond donors (Lipinski definition) is 0. The number of aromatic nitrogens is 5. The SMILES string of the molecule is Cc1cccc(-c2ccc3c(c2)oc2c(-c4nc5ncnnc5n4-c4c(C(C)C)cccc4C(C)C)cccc23)c1. The molecule has 0 saturated carbocycles. The second-order valence-corrected chi connectivity index (χ2v) is 11.3. The van der Waals surface area contributed by atoms with Crippen LogP contribution in [0.1, 0.15) is 56.2 Å². The smallest absolute Gasteiger partial charge is 0.206 e. The summed E-state index contributed by atoms with van der Waals surface area (Å²) in [5.74, 6) is 1.33. The Kier molecular flexibility index (Phi) is 5.93. The van der Waals surface area contributed by atoms with Gasteiger partial charge in [0.25, 0.3) is 0 Å². The van der Waals surface area contributed by atoms with Gasteiger partial charge in [0.05, 0.1) is 11.3 Å². The molecule has 0 aliphatic rings. The normalized spacial score (nSPS) is 12.0. The summed E-state index contributed by atoms with van der Waals surface area (Å²) < 4.78 is 8.80. The molecule has 0 aliphatic heterocycles. The van der Waals surface area contributed by atoms with Crippen LogP contribution in [0.5, 0.6) is 0 Å². The lowest BCUT2D eigenvalue weighted by atomic mass is 9.92. The summed E-state index contributed by atoms with van der Waals surface area (Å²) in [7, 11) is 0. The van der Waals surface area contributed by atoms with Crippen LogP contribution in [0.25, 0.3) is 61.4 Å². The maximum Gasteiger partial charge on any atom is 0.206 e. The van der Waals surface area contributed by atoms with Gasteiger partial charge in [-0.05, 0) is 59.2 Å². The molecule has 7 rings (SSSR count). The van der Waals surface area contributed by atoms with Gasteiger partial charge in [0.1, 0.15) is 17.5 Å². The Bertz CT molecular complexity index is 2060. The summed E-state index contributed by atoms with van der Waals surface area (Å²) in [6.07, 6.45) is 1.45. The van der Waals surface area contributed by atoms with Gasteiger partial charge in [-0.25, -0.2) is 9.97 Å². The quantitative estimate of drug-likeness (QED) is 0.219. The third-order valence-corrected chi connectivity index (χ3v) is 7.88. The third-order valence-electron chi connectivity index (χ3n) is 7.88. The zero-order valence-corrected chi connectivity index (χ0v) is 23.9. The number of imidazole rings is 1. The molecule has 0 saturated heterocycles. The summed E-state index contributed by atoms with van der Waals surface area (Å²) in [6.45, 7) is 11.0. The highest BCUT2D eigenvalue weighted by Gasteiger charge is 2.25. The molecule has 6 nitrogen and oxygen atoms in total. The van der Waals surface area contributed by atoms with E-state index in [0.29, 0.717) is 23.1 Å². The fourth-order valence-corrected chi connectivity index (χ4v) is 5.88. The highest BCUT2D eigenvalue weighted by atomic mass is 16.3. The van der Waals surface area contributed by atoms with Gasteiger partial charge >= 0.3 is 0 Å². The highest BCUT2D eigenvalue weighted by molar-refractivity contribution is 6.10. The first kappa shape index (κ1) is 25.1. The van der Waals surface area contributed by atoms with E-state index in [-0.39, 0.29) is 0 Å². The molecular weight excluding hydrogens is 506 g/mol. The Morgan fingerprint density at radius 2 is 1.49 bits per heavy atom. The molecular formula is C35H31N5O. The Hall–Kier alpha value is -4.84. The minimum absolute atomic E-state index is 0.292. The number of hydrogen-bond acceptors (Lipinski definition) is 5. The van der Waals surface area contributed by atoms with E-state index in [9.17, 15) is 0 Å². The second kappa shape index (κ2) is 9.66. The molecule has 0 bridgehead atoms. The molecule has 41 heavy (non-hydrogen) atoms. The van der Waals surface area contributed by atoms with Crippen molar-refractivity contribution in [2.24, 2.45) is 0 Å². The van der Waals surface area contributed by atoms with Gasteiger partial charge in [-0.15, -0.1) is 10.2 Å². The van der Waals surface area contributed by atoms with Crippen LogP contribution in [0.4, 0.5) is 0 Å². The summed E-state index contributed by atoms with van der Waals surface area (Å²) >= 11 is 0. The maximum absolute atomic E-state index is 6.66. The molecule has 6 heteroatoms. The minimum atomic E-state index is 0.292. The molecule has 0 atom stereocenters. The first-order valence-corrected chi connectivity index (χ1v) is 14.1. The van der Waals surface area contributed by atoms with Crippen molar-refractivity contribution in [1.82, 2.24) is 24.7 Å². The predicted molar refractivity (Wildman–Crippen MR) is 166 cm³/mol. The summed E-state index contributed by atoms with van der Waals surface area (Å²) in [4.78, 5) is 9.55. The molecule has 0 aliphatic carbocycles. The van der Waals surface area contributed by atoms with Gasteiger partial charge in [0.2, 0.25) is 11.3 Å². The lowest BCUT2D eigenvalue weighted by Gasteiger charge is -2.22. The fraction of sp³-hybridized carbons (Fsp3) is 0.200. The van der Waals surface area contributed by atoms with Gasteiger partial charge in [0, 0.05) is 10.8 Å². The average Bonchev–Trinajstić information content (AvgIpc) is 3.54. The molecule has 7 aromatic rings. The van der Waals surface area contributed by atoms with E-state index in [2.05, 4.69) is 133 Å². The lowest BCUT2D eigenvalue weighted by Crippen LogP contribution is -2.09. The van der Waals surface area contributed by atoms with E-state index in [1.807, 2.05) is 0 Å². The van der Waals surface area contributed by atoms with Crippen molar-refractivity contribution in [3.8, 4) is 28.2 Å². The molecule has 0 spiro atoms. The first-order chi connectivity index (χ1) is 19.9. The van der Waals surface area contributed by atoms with Crippen LogP contribution < -0.4 is 0 Å². The Balaban J connectivity index is 1.53. The van der Waals surface area contributed by atoms with Crippen molar-refractivity contribution < 1.29 is 4.42 Å². The van der Waals surface area contributed by atoms with E-state index in [0.717, 1.165) is 44.6 Å². The second-order valence-electron chi connectivity index (χ2n) is 11.3. The summed E-state index contributed by atoms with van der Waals surface area (Å²) in [6, 6.07) is 27.8. The van der Waals surface area contributed by atoms with E-state index in [4.69, 9.17) is 9.40 Å². The Morgan fingerprint density at radius 1 is 0.756 bits per heavy atom. The number of nitrogens with zero attached hydrogens (tertiary/aromatic N) is 5. The van der Waals surface area contributed by atoms with Crippen LogP contribution in [-0.4, -0.2) is 24.7 Å². The van der Waals surface area contributed by atoms with E-state index in [1.165, 1.54) is 28.6 Å². The van der Waals surface area contributed by atoms with Crippen LogP contribution in [0.15, 0.2) is 89.6 Å². The summed E-state index contributed by atoms with van der Waals surface area (Å²) in [5, 5.41) is 10.8. The predicted octanol–water partition coefficient (Wildman–Crippen LogP) is 9.00. The van der Waals surface area contributed by atoms with Gasteiger partial charge in [-0.1, -0.05) is 93.9 Å². The minimum Gasteiger partial charge on any atom is -0.455 e. The van der Waals surface area contributed by atoms with Crippen molar-refractivity contribution in [3.63, 3.8) is 0 Å². The van der Waals surface area contributed by atoms with Crippen molar-refractivity contribution in [1.29, 1.82) is 0 Å². The van der Waals surface area contributed by atoms with Crippen LogP contribution in [0.2, 0.25) is 0 Å². The van der Waals surface area contributed by atoms with Gasteiger partial charge in [-0.3, -0.25) is 4.57 Å². The first-order valence-electron chi connectivity index (χ1n) is 14.1. The Morgan fingerprint density at radius 3 is 2.24 bits per heavy atom. The molecule has 4 aromatic carbocycles. The molecule has 0 N–H and O–H groups in total. The monoisotopic (exact) mass is 537 g/mol. The molecule has 0 amide bonds. The molecule has 3 heterocycles. The van der Waals surface area contributed by atoms with Crippen LogP contribution in [-0.2, 0) is 0 Å². The van der Waals surface area contributed by atoms with Crippen molar-refractivity contribution in [2.75, 3.05) is 0 Å². The van der Waals surface area contributed by atoms with Gasteiger partial charge in [-0.2, -0.15) is 0 Å². The highest BCUT2D eigenvalue weighted by Crippen LogP contribution is 2.41. The zero-order valence-electron chi connectivity index (χ0n) is 23.9. The zero-order chi connectivity index (χ0) is 28.2. The number of furan rings is 1. The van der Waals surface area contributed by atoms with E-state index in [1.54, 1.807) is 0 Å². The van der Waals surface area contributed by atoms with E-state index < -0.39 is 0 Å². The van der Waals surface area contributed by atoms with Crippen LogP contribution in [0.3, 0.4) is 0 Å². The average molecular weight is 538 g/mol. The van der Waals surface area contributed by atoms with Crippen molar-refractivity contribution >= 4 is 33.2 Å². The standard InChI is InChI=1S/C35H31N5O/c1-20(2)25-11-7-12-26(21(3)4)31(25)40-34(38-33-35(40)39-37-19-36-33)29-14-8-13-28-27-16-15-24(18-30(27)41-32(28)29)23-10-6-9-22(5)17-23/h6-21H,1-5H3. The number of benzene rings is 4. The maximum atomic E-state index is 6.66. The number of aryl methyl sites for hydroxylation is 1. The molecule has 0 radical (unpaired) electrons. The third kappa shape index (κ3) is 4.10. The molecule has 0 unspecified atom stereocenters. The van der Waals surface area contributed by atoms with E-state index >= 15 is 0 Å². The topological polar surface area (TPSA) is 69.6 Å². The number of fused-ring (bicyclic) bond motifs is 4. The number of para-hydroxylation sites is 2. The molecule has 202 valence electrons.